The fourth-order valence-electron chi connectivity index (χ4n) is 5.07. The predicted molar refractivity (Wildman–Crippen MR) is 128 cm³/mol. The molecule has 1 aliphatic carbocycles. The number of rotatable bonds is 4. The van der Waals surface area contributed by atoms with Crippen LogP contribution >= 0.6 is 0 Å². The van der Waals surface area contributed by atoms with Crippen molar-refractivity contribution in [2.45, 2.75) is 38.6 Å². The van der Waals surface area contributed by atoms with Crippen LogP contribution in [0, 0.1) is 17.0 Å². The highest BCUT2D eigenvalue weighted by Crippen LogP contribution is 2.34. The molecule has 0 bridgehead atoms. The van der Waals surface area contributed by atoms with Gasteiger partial charge in [0.25, 0.3) is 17.2 Å². The van der Waals surface area contributed by atoms with E-state index in [4.69, 9.17) is 0 Å². The molecule has 33 heavy (non-hydrogen) atoms. The number of aromatic nitrogens is 2. The van der Waals surface area contributed by atoms with E-state index in [1.165, 1.54) is 6.07 Å². The number of pyridine rings is 1. The summed E-state index contributed by atoms with van der Waals surface area (Å²) in [6.45, 7) is 1.61. The van der Waals surface area contributed by atoms with Gasteiger partial charge in [0.05, 0.1) is 21.7 Å². The average molecular weight is 444 g/mol. The molecular weight excluding hydrogens is 420 g/mol. The first-order chi connectivity index (χ1) is 15.9. The summed E-state index contributed by atoms with van der Waals surface area (Å²) in [6, 6.07) is 12.3. The van der Waals surface area contributed by atoms with E-state index >= 15 is 0 Å². The molecule has 5 rings (SSSR count). The summed E-state index contributed by atoms with van der Waals surface area (Å²) in [5, 5.41) is 15.6. The monoisotopic (exact) mass is 444 g/mol. The van der Waals surface area contributed by atoms with Crippen LogP contribution in [0.5, 0.6) is 0 Å². The van der Waals surface area contributed by atoms with E-state index in [1.54, 1.807) is 29.8 Å². The lowest BCUT2D eigenvalue weighted by Crippen LogP contribution is -2.27. The number of hydrogen-bond donors (Lipinski definition) is 1. The zero-order chi connectivity index (χ0) is 23.3. The Hall–Kier alpha value is -3.94. The van der Waals surface area contributed by atoms with E-state index in [0.29, 0.717) is 27.7 Å². The van der Waals surface area contributed by atoms with Gasteiger partial charge in [-0.1, -0.05) is 37.1 Å². The van der Waals surface area contributed by atoms with Crippen molar-refractivity contribution in [2.24, 2.45) is 7.05 Å². The third kappa shape index (κ3) is 3.29. The van der Waals surface area contributed by atoms with Gasteiger partial charge in [0.1, 0.15) is 5.52 Å². The maximum atomic E-state index is 13.6. The van der Waals surface area contributed by atoms with Gasteiger partial charge in [0.2, 0.25) is 0 Å². The topological polar surface area (TPSA) is 99.2 Å². The summed E-state index contributed by atoms with van der Waals surface area (Å²) in [5.74, 6) is -0.397. The van der Waals surface area contributed by atoms with Crippen LogP contribution in [0.2, 0.25) is 0 Å². The van der Waals surface area contributed by atoms with Crippen LogP contribution in [0.15, 0.2) is 53.5 Å². The molecule has 0 aliphatic heterocycles. The molecule has 1 fully saturated rings. The molecule has 2 aromatic heterocycles. The van der Waals surface area contributed by atoms with Crippen molar-refractivity contribution in [3.05, 3.63) is 80.3 Å². The Morgan fingerprint density at radius 3 is 2.58 bits per heavy atom. The minimum atomic E-state index is -0.464. The first-order valence-electron chi connectivity index (χ1n) is 11.1. The number of fused-ring (bicyclic) bond motifs is 3. The second kappa shape index (κ2) is 7.88. The van der Waals surface area contributed by atoms with Crippen LogP contribution in [0.4, 0.5) is 11.4 Å². The van der Waals surface area contributed by atoms with Gasteiger partial charge in [-0.2, -0.15) is 0 Å². The summed E-state index contributed by atoms with van der Waals surface area (Å²) in [6.07, 6.45) is 5.59. The van der Waals surface area contributed by atoms with Crippen molar-refractivity contribution >= 4 is 39.1 Å². The molecule has 8 nitrogen and oxygen atoms in total. The van der Waals surface area contributed by atoms with Gasteiger partial charge in [-0.25, -0.2) is 0 Å². The van der Waals surface area contributed by atoms with E-state index in [9.17, 15) is 19.7 Å². The molecule has 0 atom stereocenters. The molecule has 0 spiro atoms. The molecule has 1 amide bonds. The number of carbonyl (C=O) groups is 1. The summed E-state index contributed by atoms with van der Waals surface area (Å²) < 4.78 is 3.57. The van der Waals surface area contributed by atoms with Gasteiger partial charge in [-0.3, -0.25) is 19.7 Å². The number of aryl methyl sites for hydroxylation is 1. The fraction of sp³-hybridized carbons (Fsp3) is 0.280. The van der Waals surface area contributed by atoms with Crippen molar-refractivity contribution in [1.82, 2.24) is 9.13 Å². The third-order valence-corrected chi connectivity index (χ3v) is 6.79. The van der Waals surface area contributed by atoms with Gasteiger partial charge < -0.3 is 14.5 Å². The molecule has 1 saturated carbocycles. The van der Waals surface area contributed by atoms with Crippen LogP contribution in [-0.2, 0) is 7.05 Å². The van der Waals surface area contributed by atoms with Crippen LogP contribution < -0.4 is 10.9 Å². The Labute approximate surface area is 189 Å². The predicted octanol–water partition coefficient (Wildman–Crippen LogP) is 5.08. The minimum absolute atomic E-state index is 0.0565. The number of nitrogens with one attached hydrogen (secondary N) is 1. The van der Waals surface area contributed by atoms with Crippen LogP contribution in [0.3, 0.4) is 0 Å². The Kier molecular flexibility index (Phi) is 5.00. The number of hydrogen-bond acceptors (Lipinski definition) is 4. The van der Waals surface area contributed by atoms with Crippen LogP contribution in [-0.4, -0.2) is 20.0 Å². The SMILES string of the molecule is Cc1c(NC(=O)c2cn(C3CCCC3)c(=O)c3c2c2ccccc2n3C)cccc1[N+](=O)[O-]. The zero-order valence-corrected chi connectivity index (χ0v) is 18.5. The van der Waals surface area contributed by atoms with E-state index in [2.05, 4.69) is 5.32 Å². The number of nitro benzene ring substituents is 1. The molecule has 8 heteroatoms. The lowest BCUT2D eigenvalue weighted by molar-refractivity contribution is -0.385. The van der Waals surface area contributed by atoms with Crippen LogP contribution in [0.25, 0.3) is 21.8 Å². The first-order valence-corrected chi connectivity index (χ1v) is 11.1. The van der Waals surface area contributed by atoms with E-state index < -0.39 is 10.8 Å². The molecular formula is C25H24N4O4. The fourth-order valence-corrected chi connectivity index (χ4v) is 5.07. The molecule has 168 valence electrons. The molecule has 1 N–H and O–H groups in total. The second-order valence-corrected chi connectivity index (χ2v) is 8.65. The lowest BCUT2D eigenvalue weighted by Gasteiger charge is -2.17. The smallest absolute Gasteiger partial charge is 0.275 e. The highest BCUT2D eigenvalue weighted by Gasteiger charge is 2.26. The Morgan fingerprint density at radius 1 is 1.12 bits per heavy atom. The lowest BCUT2D eigenvalue weighted by atomic mass is 10.1. The van der Waals surface area contributed by atoms with Gasteiger partial charge in [-0.15, -0.1) is 0 Å². The van der Waals surface area contributed by atoms with Gasteiger partial charge in [-0.05, 0) is 31.9 Å². The minimum Gasteiger partial charge on any atom is -0.339 e. The summed E-state index contributed by atoms with van der Waals surface area (Å²) in [4.78, 5) is 38.0. The molecule has 1 aliphatic rings. The Morgan fingerprint density at radius 2 is 1.85 bits per heavy atom. The van der Waals surface area contributed by atoms with Crippen molar-refractivity contribution in [2.75, 3.05) is 5.32 Å². The molecule has 2 heterocycles. The molecule has 4 aromatic rings. The van der Waals surface area contributed by atoms with Crippen LogP contribution in [0.1, 0.15) is 47.6 Å². The van der Waals surface area contributed by atoms with Crippen molar-refractivity contribution in [3.8, 4) is 0 Å². The van der Waals surface area contributed by atoms with E-state index in [1.807, 2.05) is 35.9 Å². The van der Waals surface area contributed by atoms with E-state index in [0.717, 1.165) is 36.6 Å². The Balaban J connectivity index is 1.73. The number of anilines is 1. The number of carbonyl (C=O) groups excluding carboxylic acids is 1. The number of para-hydroxylation sites is 1. The number of benzene rings is 2. The standard InChI is InChI=1S/C25H24N4O4/c1-15-19(11-7-13-20(15)29(32)33)26-24(30)18-14-28(16-8-3-4-9-16)25(31)23-22(18)17-10-5-6-12-21(17)27(23)2/h5-7,10-14,16H,3-4,8-9H2,1-2H3,(H,26,30). The maximum absolute atomic E-state index is 13.6. The number of nitrogens with zero attached hydrogens (tertiary/aromatic N) is 3. The highest BCUT2D eigenvalue weighted by atomic mass is 16.6. The van der Waals surface area contributed by atoms with Gasteiger partial charge >= 0.3 is 0 Å². The number of nitro groups is 1. The quantitative estimate of drug-likeness (QED) is 0.351. The van der Waals surface area contributed by atoms with Crippen molar-refractivity contribution < 1.29 is 9.72 Å². The van der Waals surface area contributed by atoms with Gasteiger partial charge in [0.15, 0.2) is 0 Å². The molecule has 0 saturated heterocycles. The molecule has 2 aromatic carbocycles. The normalized spacial score (nSPS) is 14.2. The third-order valence-electron chi connectivity index (χ3n) is 6.79. The highest BCUT2D eigenvalue weighted by molar-refractivity contribution is 6.20. The zero-order valence-electron chi connectivity index (χ0n) is 18.5. The Bertz CT molecular complexity index is 1490. The summed E-state index contributed by atoms with van der Waals surface area (Å²) in [7, 11) is 1.84. The largest absolute Gasteiger partial charge is 0.339 e. The number of amides is 1. The van der Waals surface area contributed by atoms with Crippen molar-refractivity contribution in [3.63, 3.8) is 0 Å². The molecule has 0 unspecified atom stereocenters. The maximum Gasteiger partial charge on any atom is 0.275 e. The van der Waals surface area contributed by atoms with E-state index in [-0.39, 0.29) is 17.3 Å². The van der Waals surface area contributed by atoms with Crippen molar-refractivity contribution in [1.29, 1.82) is 0 Å². The molecule has 0 radical (unpaired) electrons. The summed E-state index contributed by atoms with van der Waals surface area (Å²) in [5.41, 5.74) is 2.35. The average Bonchev–Trinajstić information content (AvgIpc) is 3.43. The van der Waals surface area contributed by atoms with Gasteiger partial charge in [0, 0.05) is 41.6 Å². The summed E-state index contributed by atoms with van der Waals surface area (Å²) >= 11 is 0. The second-order valence-electron chi connectivity index (χ2n) is 8.65. The first kappa shape index (κ1) is 20.9.